The van der Waals surface area contributed by atoms with Gasteiger partial charge in [0.15, 0.2) is 5.69 Å². The fourth-order valence-corrected chi connectivity index (χ4v) is 1.80. The number of carbonyl (C=O) groups is 2. The molecule has 110 valence electrons. The molecule has 1 aromatic heterocycles. The van der Waals surface area contributed by atoms with Gasteiger partial charge in [-0.1, -0.05) is 22.9 Å². The van der Waals surface area contributed by atoms with Gasteiger partial charge >= 0.3 is 0 Å². The Morgan fingerprint density at radius 2 is 1.81 bits per heavy atom. The third-order valence-electron chi connectivity index (χ3n) is 2.84. The lowest BCUT2D eigenvalue weighted by Crippen LogP contribution is -2.34. The van der Waals surface area contributed by atoms with Gasteiger partial charge in [0.05, 0.1) is 0 Å². The molecule has 0 bridgehead atoms. The predicted molar refractivity (Wildman–Crippen MR) is 77.1 cm³/mol. The van der Waals surface area contributed by atoms with E-state index in [2.05, 4.69) is 15.8 Å². The number of hydrogen-bond acceptors (Lipinski definition) is 4. The Hall–Kier alpha value is -2.63. The lowest BCUT2D eigenvalue weighted by atomic mass is 10.1. The summed E-state index contributed by atoms with van der Waals surface area (Å²) in [5, 5.41) is 9.01. The van der Waals surface area contributed by atoms with Gasteiger partial charge in [-0.3, -0.25) is 9.59 Å². The summed E-state index contributed by atoms with van der Waals surface area (Å²) in [7, 11) is 0. The van der Waals surface area contributed by atoms with Crippen molar-refractivity contribution in [3.63, 3.8) is 0 Å². The number of carbonyl (C=O) groups excluding carboxylic acids is 2. The molecule has 2 amide bonds. The molecule has 0 spiro atoms. The van der Waals surface area contributed by atoms with Crippen LogP contribution in [-0.4, -0.2) is 30.1 Å². The van der Waals surface area contributed by atoms with Crippen LogP contribution in [0.15, 0.2) is 34.9 Å². The average molecular weight is 287 g/mol. The van der Waals surface area contributed by atoms with E-state index in [-0.39, 0.29) is 17.5 Å². The van der Waals surface area contributed by atoms with E-state index in [1.54, 1.807) is 19.1 Å². The number of benzene rings is 1. The van der Waals surface area contributed by atoms with Crippen LogP contribution in [0.2, 0.25) is 0 Å². The third kappa shape index (κ3) is 4.17. The van der Waals surface area contributed by atoms with Crippen LogP contribution in [0.4, 0.5) is 0 Å². The Labute approximate surface area is 122 Å². The topological polar surface area (TPSA) is 84.2 Å². The minimum Gasteiger partial charge on any atom is -0.361 e. The molecule has 0 aliphatic carbocycles. The van der Waals surface area contributed by atoms with Gasteiger partial charge in [-0.2, -0.15) is 0 Å². The van der Waals surface area contributed by atoms with E-state index in [0.29, 0.717) is 24.4 Å². The van der Waals surface area contributed by atoms with Crippen LogP contribution >= 0.6 is 0 Å². The van der Waals surface area contributed by atoms with Crippen LogP contribution in [0, 0.1) is 13.8 Å². The Kier molecular flexibility index (Phi) is 4.71. The Morgan fingerprint density at radius 1 is 1.10 bits per heavy atom. The average Bonchev–Trinajstić information content (AvgIpc) is 2.90. The molecule has 0 radical (unpaired) electrons. The molecule has 6 heteroatoms. The highest BCUT2D eigenvalue weighted by Crippen LogP contribution is 2.03. The van der Waals surface area contributed by atoms with Gasteiger partial charge in [-0.25, -0.2) is 0 Å². The van der Waals surface area contributed by atoms with Crippen LogP contribution in [-0.2, 0) is 0 Å². The highest BCUT2D eigenvalue weighted by molar-refractivity contribution is 5.94. The first-order valence-electron chi connectivity index (χ1n) is 6.62. The summed E-state index contributed by atoms with van der Waals surface area (Å²) in [6.45, 7) is 4.31. The summed E-state index contributed by atoms with van der Waals surface area (Å²) in [5.74, 6) is 0.0924. The molecule has 0 saturated carbocycles. The quantitative estimate of drug-likeness (QED) is 0.815. The summed E-state index contributed by atoms with van der Waals surface area (Å²) in [6, 6.07) is 8.88. The number of aromatic nitrogens is 1. The Bertz CT molecular complexity index is 649. The van der Waals surface area contributed by atoms with E-state index in [4.69, 9.17) is 4.52 Å². The van der Waals surface area contributed by atoms with Gasteiger partial charge in [0, 0.05) is 24.7 Å². The maximum atomic E-state index is 11.9. The Balaban J connectivity index is 1.75. The van der Waals surface area contributed by atoms with Crippen LogP contribution < -0.4 is 10.6 Å². The van der Waals surface area contributed by atoms with Crippen molar-refractivity contribution in [3.05, 3.63) is 52.9 Å². The summed E-state index contributed by atoms with van der Waals surface area (Å²) in [6.07, 6.45) is 0. The second-order valence-corrected chi connectivity index (χ2v) is 4.70. The number of nitrogens with one attached hydrogen (secondary N) is 2. The van der Waals surface area contributed by atoms with Gasteiger partial charge < -0.3 is 15.2 Å². The first-order valence-corrected chi connectivity index (χ1v) is 6.62. The third-order valence-corrected chi connectivity index (χ3v) is 2.84. The molecular formula is C15H17N3O3. The molecule has 1 aromatic carbocycles. The highest BCUT2D eigenvalue weighted by atomic mass is 16.5. The summed E-state index contributed by atoms with van der Waals surface area (Å²) >= 11 is 0. The zero-order valence-corrected chi connectivity index (χ0v) is 12.0. The van der Waals surface area contributed by atoms with E-state index < -0.39 is 0 Å². The van der Waals surface area contributed by atoms with Gasteiger partial charge in [-0.05, 0) is 26.0 Å². The number of rotatable bonds is 5. The molecule has 0 atom stereocenters. The van der Waals surface area contributed by atoms with Gasteiger partial charge in [0.25, 0.3) is 11.8 Å². The molecule has 0 aliphatic rings. The molecule has 2 aromatic rings. The van der Waals surface area contributed by atoms with Crippen LogP contribution in [0.25, 0.3) is 0 Å². The molecule has 0 aliphatic heterocycles. The fourth-order valence-electron chi connectivity index (χ4n) is 1.80. The molecule has 21 heavy (non-hydrogen) atoms. The molecule has 6 nitrogen and oxygen atoms in total. The number of aryl methyl sites for hydroxylation is 2. The van der Waals surface area contributed by atoms with Gasteiger partial charge in [-0.15, -0.1) is 0 Å². The van der Waals surface area contributed by atoms with Gasteiger partial charge in [0.2, 0.25) is 0 Å². The molecule has 0 saturated heterocycles. The minimum atomic E-state index is -0.323. The van der Waals surface area contributed by atoms with Crippen molar-refractivity contribution >= 4 is 11.8 Å². The van der Waals surface area contributed by atoms with Crippen LogP contribution in [0.1, 0.15) is 32.2 Å². The van der Waals surface area contributed by atoms with E-state index in [1.807, 2.05) is 25.1 Å². The zero-order valence-electron chi connectivity index (χ0n) is 12.0. The van der Waals surface area contributed by atoms with Crippen molar-refractivity contribution in [3.8, 4) is 0 Å². The van der Waals surface area contributed by atoms with E-state index in [1.165, 1.54) is 0 Å². The second kappa shape index (κ2) is 6.69. The summed E-state index contributed by atoms with van der Waals surface area (Å²) < 4.78 is 4.82. The van der Waals surface area contributed by atoms with Crippen molar-refractivity contribution in [2.24, 2.45) is 0 Å². The second-order valence-electron chi connectivity index (χ2n) is 4.70. The van der Waals surface area contributed by atoms with Crippen LogP contribution in [0.3, 0.4) is 0 Å². The lowest BCUT2D eigenvalue weighted by Gasteiger charge is -2.06. The van der Waals surface area contributed by atoms with Crippen molar-refractivity contribution in [1.29, 1.82) is 0 Å². The highest BCUT2D eigenvalue weighted by Gasteiger charge is 2.10. The van der Waals surface area contributed by atoms with Crippen molar-refractivity contribution in [2.45, 2.75) is 13.8 Å². The smallest absolute Gasteiger partial charge is 0.273 e. The molecule has 0 unspecified atom stereocenters. The molecular weight excluding hydrogens is 270 g/mol. The maximum Gasteiger partial charge on any atom is 0.273 e. The SMILES string of the molecule is Cc1cccc(C(=O)NCCNC(=O)c2cc(C)on2)c1. The van der Waals surface area contributed by atoms with Gasteiger partial charge in [0.1, 0.15) is 5.76 Å². The predicted octanol–water partition coefficient (Wildman–Crippen LogP) is 1.45. The normalized spacial score (nSPS) is 10.2. The van der Waals surface area contributed by atoms with E-state index >= 15 is 0 Å². The zero-order chi connectivity index (χ0) is 15.2. The monoisotopic (exact) mass is 287 g/mol. The van der Waals surface area contributed by atoms with E-state index in [9.17, 15) is 9.59 Å². The number of amides is 2. The van der Waals surface area contributed by atoms with Crippen molar-refractivity contribution in [1.82, 2.24) is 15.8 Å². The standard InChI is InChI=1S/C15H17N3O3/c1-10-4-3-5-12(8-10)14(19)16-6-7-17-15(20)13-9-11(2)21-18-13/h3-5,8-9H,6-7H2,1-2H3,(H,16,19)(H,17,20). The lowest BCUT2D eigenvalue weighted by molar-refractivity contribution is 0.0922. The summed E-state index contributed by atoms with van der Waals surface area (Å²) in [4.78, 5) is 23.5. The minimum absolute atomic E-state index is 0.162. The van der Waals surface area contributed by atoms with Crippen molar-refractivity contribution in [2.75, 3.05) is 13.1 Å². The Morgan fingerprint density at radius 3 is 2.43 bits per heavy atom. The molecule has 0 fully saturated rings. The first kappa shape index (κ1) is 14.8. The largest absolute Gasteiger partial charge is 0.361 e. The molecule has 2 rings (SSSR count). The first-order chi connectivity index (χ1) is 10.1. The molecule has 1 heterocycles. The summed E-state index contributed by atoms with van der Waals surface area (Å²) in [5.41, 5.74) is 1.86. The maximum absolute atomic E-state index is 11.9. The number of hydrogen-bond donors (Lipinski definition) is 2. The van der Waals surface area contributed by atoms with E-state index in [0.717, 1.165) is 5.56 Å². The number of nitrogens with zero attached hydrogens (tertiary/aromatic N) is 1. The molecule has 2 N–H and O–H groups in total. The van der Waals surface area contributed by atoms with Crippen molar-refractivity contribution < 1.29 is 14.1 Å². The van der Waals surface area contributed by atoms with Crippen LogP contribution in [0.5, 0.6) is 0 Å². The fraction of sp³-hybridized carbons (Fsp3) is 0.267.